The molecule has 2 heterocycles. The van der Waals surface area contributed by atoms with Crippen molar-refractivity contribution in [3.05, 3.63) is 85.6 Å². The van der Waals surface area contributed by atoms with Gasteiger partial charge in [-0.2, -0.15) is 0 Å². The topological polar surface area (TPSA) is 196 Å². The van der Waals surface area contributed by atoms with E-state index < -0.39 is 22.5 Å². The molecule has 36 heavy (non-hydrogen) atoms. The quantitative estimate of drug-likeness (QED) is 0.247. The van der Waals surface area contributed by atoms with Crippen LogP contribution in [0.3, 0.4) is 0 Å². The second-order valence-electron chi connectivity index (χ2n) is 7.65. The van der Waals surface area contributed by atoms with E-state index in [-0.39, 0.29) is 31.2 Å². The number of non-ortho nitro benzene ring substituents is 1. The van der Waals surface area contributed by atoms with Crippen LogP contribution >= 0.6 is 0 Å². The molecule has 0 saturated heterocycles. The summed E-state index contributed by atoms with van der Waals surface area (Å²) in [6.45, 7) is 3.18. The summed E-state index contributed by atoms with van der Waals surface area (Å²) < 4.78 is 6.20. The zero-order chi connectivity index (χ0) is 26.2. The summed E-state index contributed by atoms with van der Waals surface area (Å²) in [6.07, 6.45) is 0.460. The molecule has 0 aliphatic carbocycles. The average Bonchev–Trinajstić information content (AvgIpc) is 2.84. The molecule has 2 aromatic heterocycles. The molecule has 0 bridgehead atoms. The van der Waals surface area contributed by atoms with E-state index in [2.05, 4.69) is 26.1 Å². The van der Waals surface area contributed by atoms with Gasteiger partial charge in [0.05, 0.1) is 4.92 Å². The molecule has 0 fully saturated rings. The van der Waals surface area contributed by atoms with Gasteiger partial charge in [-0.3, -0.25) is 29.7 Å². The standard InChI is InChI=1S/C22H24N8O6/c1-13-9-25-20(27-28-22(33)36-12-15-3-6-17(7-4-15)30(34)35)21(32)29(13)11-19(31)24-10-16-5-8-18(23)26-14(16)2/h3-9H,10-12H2,1-2H3,(H2,23,26)(H,24,31)(H,25,27)(H,28,33). The van der Waals surface area contributed by atoms with Crippen molar-refractivity contribution in [2.75, 3.05) is 11.2 Å². The monoisotopic (exact) mass is 496 g/mol. The molecular weight excluding hydrogens is 472 g/mol. The number of nitro groups is 1. The van der Waals surface area contributed by atoms with Crippen molar-refractivity contribution in [3.8, 4) is 0 Å². The number of anilines is 2. The predicted molar refractivity (Wildman–Crippen MR) is 129 cm³/mol. The van der Waals surface area contributed by atoms with Crippen LogP contribution in [0.15, 0.2) is 47.4 Å². The molecule has 0 unspecified atom stereocenters. The fourth-order valence-corrected chi connectivity index (χ4v) is 3.05. The van der Waals surface area contributed by atoms with Crippen molar-refractivity contribution in [2.24, 2.45) is 0 Å². The van der Waals surface area contributed by atoms with Crippen molar-refractivity contribution in [2.45, 2.75) is 33.5 Å². The Balaban J connectivity index is 1.54. The van der Waals surface area contributed by atoms with Gasteiger partial charge in [-0.05, 0) is 43.2 Å². The predicted octanol–water partition coefficient (Wildman–Crippen LogP) is 1.32. The summed E-state index contributed by atoms with van der Waals surface area (Å²) in [5.74, 6) is -0.256. The first kappa shape index (κ1) is 25.6. The summed E-state index contributed by atoms with van der Waals surface area (Å²) in [4.78, 5) is 55.4. The van der Waals surface area contributed by atoms with E-state index >= 15 is 0 Å². The number of hydrogen-bond acceptors (Lipinski definition) is 10. The Hall–Kier alpha value is -5.01. The Morgan fingerprint density at radius 1 is 1.17 bits per heavy atom. The number of carbonyl (C=O) groups excluding carboxylic acids is 2. The molecule has 0 radical (unpaired) electrons. The largest absolute Gasteiger partial charge is 0.443 e. The molecule has 2 amide bonds. The Morgan fingerprint density at radius 2 is 1.89 bits per heavy atom. The maximum Gasteiger partial charge on any atom is 0.426 e. The molecular formula is C22H24N8O6. The fourth-order valence-electron chi connectivity index (χ4n) is 3.05. The maximum absolute atomic E-state index is 12.8. The number of benzene rings is 1. The van der Waals surface area contributed by atoms with Crippen LogP contribution in [0.4, 0.5) is 22.1 Å². The van der Waals surface area contributed by atoms with Crippen molar-refractivity contribution in [3.63, 3.8) is 0 Å². The van der Waals surface area contributed by atoms with Crippen LogP contribution < -0.4 is 27.5 Å². The van der Waals surface area contributed by atoms with Crippen molar-refractivity contribution >= 4 is 29.3 Å². The fraction of sp³-hybridized carbons (Fsp3) is 0.227. The third-order valence-electron chi connectivity index (χ3n) is 5.05. The van der Waals surface area contributed by atoms with Crippen LogP contribution in [-0.2, 0) is 29.2 Å². The number of aromatic nitrogens is 3. The van der Waals surface area contributed by atoms with Crippen molar-refractivity contribution < 1.29 is 19.2 Å². The van der Waals surface area contributed by atoms with Gasteiger partial charge in [0.1, 0.15) is 19.0 Å². The number of amides is 2. The van der Waals surface area contributed by atoms with Crippen LogP contribution in [0, 0.1) is 24.0 Å². The van der Waals surface area contributed by atoms with Gasteiger partial charge in [0, 0.05) is 36.3 Å². The number of rotatable bonds is 9. The number of hydrazine groups is 1. The molecule has 14 heteroatoms. The molecule has 0 aliphatic heterocycles. The molecule has 5 N–H and O–H groups in total. The van der Waals surface area contributed by atoms with E-state index in [1.54, 1.807) is 26.0 Å². The number of carbonyl (C=O) groups is 2. The van der Waals surface area contributed by atoms with Gasteiger partial charge in [-0.15, -0.1) is 0 Å². The van der Waals surface area contributed by atoms with Crippen molar-refractivity contribution in [1.29, 1.82) is 0 Å². The molecule has 14 nitrogen and oxygen atoms in total. The Labute approximate surface area is 204 Å². The summed E-state index contributed by atoms with van der Waals surface area (Å²) in [5, 5.41) is 13.4. The number of nitro benzene ring substituents is 1. The normalized spacial score (nSPS) is 10.4. The van der Waals surface area contributed by atoms with Gasteiger partial charge in [0.25, 0.3) is 11.2 Å². The van der Waals surface area contributed by atoms with Gasteiger partial charge >= 0.3 is 6.09 Å². The molecule has 1 aromatic carbocycles. The van der Waals surface area contributed by atoms with Gasteiger partial charge in [0.2, 0.25) is 11.7 Å². The molecule has 3 rings (SSSR count). The number of hydrogen-bond donors (Lipinski definition) is 4. The lowest BCUT2D eigenvalue weighted by atomic mass is 10.2. The average molecular weight is 496 g/mol. The molecule has 3 aromatic rings. The first-order valence-electron chi connectivity index (χ1n) is 10.6. The Morgan fingerprint density at radius 3 is 2.56 bits per heavy atom. The minimum atomic E-state index is -0.910. The second-order valence-corrected chi connectivity index (χ2v) is 7.65. The summed E-state index contributed by atoms with van der Waals surface area (Å²) in [5.41, 5.74) is 11.9. The zero-order valence-electron chi connectivity index (χ0n) is 19.5. The number of nitrogens with zero attached hydrogens (tertiary/aromatic N) is 4. The summed E-state index contributed by atoms with van der Waals surface area (Å²) in [7, 11) is 0. The molecule has 0 atom stereocenters. The van der Waals surface area contributed by atoms with E-state index in [9.17, 15) is 24.5 Å². The first-order chi connectivity index (χ1) is 17.1. The molecule has 0 aliphatic rings. The highest BCUT2D eigenvalue weighted by Crippen LogP contribution is 2.12. The second kappa shape index (κ2) is 11.4. The highest BCUT2D eigenvalue weighted by atomic mass is 16.6. The van der Waals surface area contributed by atoms with Crippen molar-refractivity contribution in [1.82, 2.24) is 25.3 Å². The lowest BCUT2D eigenvalue weighted by Crippen LogP contribution is -2.38. The number of ether oxygens (including phenoxy) is 1. The van der Waals surface area contributed by atoms with E-state index in [4.69, 9.17) is 10.5 Å². The van der Waals surface area contributed by atoms with Gasteiger partial charge in [-0.1, -0.05) is 6.07 Å². The highest BCUT2D eigenvalue weighted by molar-refractivity contribution is 5.76. The van der Waals surface area contributed by atoms with Crippen LogP contribution in [-0.4, -0.2) is 31.5 Å². The van der Waals surface area contributed by atoms with E-state index in [1.165, 1.54) is 35.0 Å². The molecule has 188 valence electrons. The zero-order valence-corrected chi connectivity index (χ0v) is 19.5. The molecule has 0 saturated carbocycles. The smallest absolute Gasteiger partial charge is 0.426 e. The minimum Gasteiger partial charge on any atom is -0.443 e. The van der Waals surface area contributed by atoms with E-state index in [0.717, 1.165) is 5.56 Å². The van der Waals surface area contributed by atoms with Crippen LogP contribution in [0.5, 0.6) is 0 Å². The summed E-state index contributed by atoms with van der Waals surface area (Å²) in [6, 6.07) is 8.88. The van der Waals surface area contributed by atoms with Gasteiger partial charge in [-0.25, -0.2) is 20.2 Å². The number of aryl methyl sites for hydroxylation is 2. The lowest BCUT2D eigenvalue weighted by Gasteiger charge is -2.13. The summed E-state index contributed by atoms with van der Waals surface area (Å²) >= 11 is 0. The third-order valence-corrected chi connectivity index (χ3v) is 5.05. The lowest BCUT2D eigenvalue weighted by molar-refractivity contribution is -0.384. The maximum atomic E-state index is 12.8. The van der Waals surface area contributed by atoms with E-state index in [0.29, 0.717) is 22.8 Å². The Kier molecular flexibility index (Phi) is 8.12. The number of nitrogens with two attached hydrogens (primary N) is 1. The molecule has 0 spiro atoms. The van der Waals surface area contributed by atoms with Gasteiger partial charge in [0.15, 0.2) is 0 Å². The minimum absolute atomic E-state index is 0.0855. The van der Waals surface area contributed by atoms with Crippen LogP contribution in [0.2, 0.25) is 0 Å². The highest BCUT2D eigenvalue weighted by Gasteiger charge is 2.13. The number of nitrogens with one attached hydrogen (secondary N) is 3. The van der Waals surface area contributed by atoms with Crippen LogP contribution in [0.25, 0.3) is 0 Å². The number of nitrogen functional groups attached to an aromatic ring is 1. The third kappa shape index (κ3) is 6.75. The first-order valence-corrected chi connectivity index (χ1v) is 10.6. The Bertz CT molecular complexity index is 1340. The van der Waals surface area contributed by atoms with Gasteiger partial charge < -0.3 is 15.8 Å². The SMILES string of the molecule is Cc1nc(N)ccc1CNC(=O)Cn1c(C)cnc(NNC(=O)OCc2ccc([N+](=O)[O-])cc2)c1=O. The van der Waals surface area contributed by atoms with E-state index in [1.807, 2.05) is 0 Å². The number of pyridine rings is 1. The van der Waals surface area contributed by atoms with Crippen LogP contribution in [0.1, 0.15) is 22.5 Å².